The highest BCUT2D eigenvalue weighted by atomic mass is 32.1. The number of likely N-dealkylation sites (tertiary alicyclic amines) is 1. The number of nitrogen functional groups attached to an aromatic ring is 1. The van der Waals surface area contributed by atoms with Crippen molar-refractivity contribution in [2.45, 2.75) is 38.6 Å². The monoisotopic (exact) mass is 254 g/mol. The molecule has 0 aromatic carbocycles. The minimum Gasteiger partial charge on any atom is -0.383 e. The van der Waals surface area contributed by atoms with E-state index < -0.39 is 0 Å². The molecule has 0 saturated carbocycles. The number of nitrogens with zero attached hydrogens (tertiary/aromatic N) is 2. The summed E-state index contributed by atoms with van der Waals surface area (Å²) in [4.78, 5) is 2.60. The number of nitrogens with one attached hydrogen (secondary N) is 1. The van der Waals surface area contributed by atoms with Crippen molar-refractivity contribution in [3.63, 3.8) is 0 Å². The van der Waals surface area contributed by atoms with Crippen molar-refractivity contribution in [2.24, 2.45) is 0 Å². The summed E-state index contributed by atoms with van der Waals surface area (Å²) in [6.45, 7) is 5.82. The molecule has 0 bridgehead atoms. The molecular formula is C12H22N4S. The minimum absolute atomic E-state index is 0.613. The van der Waals surface area contributed by atoms with Crippen LogP contribution >= 0.6 is 11.5 Å². The van der Waals surface area contributed by atoms with Crippen LogP contribution in [0.4, 0.5) is 10.8 Å². The fraction of sp³-hybridized carbons (Fsp3) is 0.750. The quantitative estimate of drug-likeness (QED) is 0.792. The molecule has 0 spiro atoms. The highest BCUT2D eigenvalue weighted by Gasteiger charge is 2.16. The Hall–Kier alpha value is -0.810. The zero-order valence-electron chi connectivity index (χ0n) is 10.5. The lowest BCUT2D eigenvalue weighted by Crippen LogP contribution is -2.38. The van der Waals surface area contributed by atoms with Gasteiger partial charge in [0.25, 0.3) is 0 Å². The van der Waals surface area contributed by atoms with Crippen LogP contribution in [0.2, 0.25) is 0 Å². The Balaban J connectivity index is 1.62. The first kappa shape index (κ1) is 12.6. The molecule has 2 heterocycles. The molecule has 0 aliphatic carbocycles. The van der Waals surface area contributed by atoms with Crippen LogP contribution in [-0.4, -0.2) is 34.9 Å². The van der Waals surface area contributed by atoms with Gasteiger partial charge in [0.2, 0.25) is 0 Å². The summed E-state index contributed by atoms with van der Waals surface area (Å²) in [5.74, 6) is 0.613. The first-order chi connectivity index (χ1) is 8.25. The van der Waals surface area contributed by atoms with Crippen LogP contribution in [0.3, 0.4) is 0 Å². The van der Waals surface area contributed by atoms with Crippen molar-refractivity contribution in [1.82, 2.24) is 9.27 Å². The van der Waals surface area contributed by atoms with Gasteiger partial charge in [-0.1, -0.05) is 6.42 Å². The second-order valence-electron chi connectivity index (χ2n) is 4.78. The highest BCUT2D eigenvalue weighted by molar-refractivity contribution is 7.10. The molecule has 4 nitrogen and oxygen atoms in total. The summed E-state index contributed by atoms with van der Waals surface area (Å²) in [6.07, 6.45) is 5.31. The number of aromatic nitrogens is 1. The average Bonchev–Trinajstić information content (AvgIpc) is 2.73. The van der Waals surface area contributed by atoms with Crippen molar-refractivity contribution >= 4 is 22.4 Å². The Morgan fingerprint density at radius 3 is 3.18 bits per heavy atom. The molecule has 0 amide bonds. The van der Waals surface area contributed by atoms with Crippen LogP contribution < -0.4 is 11.1 Å². The van der Waals surface area contributed by atoms with Crippen LogP contribution in [0.1, 0.15) is 32.6 Å². The van der Waals surface area contributed by atoms with Gasteiger partial charge >= 0.3 is 0 Å². The van der Waals surface area contributed by atoms with Gasteiger partial charge in [0.15, 0.2) is 0 Å². The third-order valence-electron chi connectivity index (χ3n) is 3.39. The molecule has 1 aliphatic heterocycles. The molecule has 0 radical (unpaired) electrons. The van der Waals surface area contributed by atoms with E-state index in [1.165, 1.54) is 50.3 Å². The van der Waals surface area contributed by atoms with Gasteiger partial charge in [0.05, 0.1) is 0 Å². The van der Waals surface area contributed by atoms with Crippen molar-refractivity contribution in [1.29, 1.82) is 0 Å². The summed E-state index contributed by atoms with van der Waals surface area (Å²) in [5.41, 5.74) is 5.57. The molecule has 2 rings (SSSR count). The molecule has 1 aliphatic rings. The topological polar surface area (TPSA) is 54.2 Å². The summed E-state index contributed by atoms with van der Waals surface area (Å²) >= 11 is 1.44. The second-order valence-corrected chi connectivity index (χ2v) is 5.58. The first-order valence-corrected chi connectivity index (χ1v) is 7.23. The number of piperidine rings is 1. The third kappa shape index (κ3) is 3.85. The summed E-state index contributed by atoms with van der Waals surface area (Å²) in [5, 5.41) is 4.45. The molecule has 96 valence electrons. The van der Waals surface area contributed by atoms with Gasteiger partial charge in [-0.05, 0) is 44.3 Å². The molecule has 1 aromatic heterocycles. The molecule has 1 fully saturated rings. The van der Waals surface area contributed by atoms with Crippen molar-refractivity contribution in [3.8, 4) is 0 Å². The standard InChI is InChI=1S/C12H22N4S/c1-10-5-2-3-7-16(10)8-4-6-14-12-9-11(13)15-17-12/h9-10,14H,2-8H2,1H3,(H2,13,15). The van der Waals surface area contributed by atoms with Crippen LogP contribution in [0.15, 0.2) is 6.07 Å². The van der Waals surface area contributed by atoms with E-state index in [9.17, 15) is 0 Å². The van der Waals surface area contributed by atoms with E-state index in [2.05, 4.69) is 21.5 Å². The van der Waals surface area contributed by atoms with Gasteiger partial charge in [-0.3, -0.25) is 0 Å². The van der Waals surface area contributed by atoms with E-state index in [0.717, 1.165) is 17.6 Å². The average molecular weight is 254 g/mol. The van der Waals surface area contributed by atoms with Crippen molar-refractivity contribution in [2.75, 3.05) is 30.7 Å². The Morgan fingerprint density at radius 2 is 2.47 bits per heavy atom. The zero-order valence-corrected chi connectivity index (χ0v) is 11.3. The maximum atomic E-state index is 5.57. The second kappa shape index (κ2) is 6.21. The number of anilines is 2. The summed E-state index contributed by atoms with van der Waals surface area (Å²) in [7, 11) is 0. The van der Waals surface area contributed by atoms with Crippen molar-refractivity contribution < 1.29 is 0 Å². The van der Waals surface area contributed by atoms with Crippen LogP contribution in [0.5, 0.6) is 0 Å². The Labute approximate surface area is 107 Å². The molecule has 1 aromatic rings. The smallest absolute Gasteiger partial charge is 0.139 e. The van der Waals surface area contributed by atoms with E-state index in [0.29, 0.717) is 5.82 Å². The molecule has 5 heteroatoms. The number of hydrogen-bond acceptors (Lipinski definition) is 5. The summed E-state index contributed by atoms with van der Waals surface area (Å²) in [6, 6.07) is 2.66. The maximum absolute atomic E-state index is 5.57. The van der Waals surface area contributed by atoms with E-state index >= 15 is 0 Å². The fourth-order valence-corrected chi connectivity index (χ4v) is 2.95. The van der Waals surface area contributed by atoms with Crippen LogP contribution in [0, 0.1) is 0 Å². The van der Waals surface area contributed by atoms with Crippen LogP contribution in [0.25, 0.3) is 0 Å². The molecular weight excluding hydrogens is 232 g/mol. The predicted molar refractivity (Wildman–Crippen MR) is 74.5 cm³/mol. The largest absolute Gasteiger partial charge is 0.383 e. The molecule has 17 heavy (non-hydrogen) atoms. The lowest BCUT2D eigenvalue weighted by molar-refractivity contribution is 0.160. The SMILES string of the molecule is CC1CCCCN1CCCNc1cc(N)ns1. The highest BCUT2D eigenvalue weighted by Crippen LogP contribution is 2.18. The maximum Gasteiger partial charge on any atom is 0.139 e. The normalized spacial score (nSPS) is 21.6. The Bertz CT molecular complexity index is 339. The lowest BCUT2D eigenvalue weighted by Gasteiger charge is -2.33. The third-order valence-corrected chi connectivity index (χ3v) is 4.15. The van der Waals surface area contributed by atoms with Gasteiger partial charge < -0.3 is 16.0 Å². The predicted octanol–water partition coefficient (Wildman–Crippen LogP) is 2.40. The van der Waals surface area contributed by atoms with Gasteiger partial charge in [0, 0.05) is 25.2 Å². The van der Waals surface area contributed by atoms with Gasteiger partial charge in [-0.25, -0.2) is 0 Å². The Kier molecular flexibility index (Phi) is 4.62. The van der Waals surface area contributed by atoms with Gasteiger partial charge in [-0.2, -0.15) is 4.37 Å². The minimum atomic E-state index is 0.613. The number of hydrogen-bond donors (Lipinski definition) is 2. The van der Waals surface area contributed by atoms with Crippen LogP contribution in [-0.2, 0) is 0 Å². The van der Waals surface area contributed by atoms with Crippen molar-refractivity contribution in [3.05, 3.63) is 6.07 Å². The van der Waals surface area contributed by atoms with E-state index in [1.54, 1.807) is 0 Å². The first-order valence-electron chi connectivity index (χ1n) is 6.46. The van der Waals surface area contributed by atoms with E-state index in [1.807, 2.05) is 6.07 Å². The van der Waals surface area contributed by atoms with E-state index in [4.69, 9.17) is 5.73 Å². The number of rotatable bonds is 5. The summed E-state index contributed by atoms with van der Waals surface area (Å²) < 4.78 is 4.04. The zero-order chi connectivity index (χ0) is 12.1. The Morgan fingerprint density at radius 1 is 1.59 bits per heavy atom. The van der Waals surface area contributed by atoms with Gasteiger partial charge in [0.1, 0.15) is 10.8 Å². The fourth-order valence-electron chi connectivity index (χ4n) is 2.36. The molecule has 1 atom stereocenters. The lowest BCUT2D eigenvalue weighted by atomic mass is 10.0. The van der Waals surface area contributed by atoms with Gasteiger partial charge in [-0.15, -0.1) is 0 Å². The molecule has 3 N–H and O–H groups in total. The number of nitrogens with two attached hydrogens (primary N) is 1. The van der Waals surface area contributed by atoms with E-state index in [-0.39, 0.29) is 0 Å². The molecule has 1 saturated heterocycles. The molecule has 1 unspecified atom stereocenters.